The second-order valence-corrected chi connectivity index (χ2v) is 8.56. The van der Waals surface area contributed by atoms with Gasteiger partial charge in [0.1, 0.15) is 5.82 Å². The molecule has 0 unspecified atom stereocenters. The first-order valence-corrected chi connectivity index (χ1v) is 11.0. The van der Waals surface area contributed by atoms with Gasteiger partial charge in [0.05, 0.1) is 11.8 Å². The zero-order valence-electron chi connectivity index (χ0n) is 17.7. The molecule has 6 nitrogen and oxygen atoms in total. The third kappa shape index (κ3) is 5.67. The van der Waals surface area contributed by atoms with Gasteiger partial charge in [0.15, 0.2) is 0 Å². The topological polar surface area (TPSA) is 65.5 Å². The Labute approximate surface area is 182 Å². The van der Waals surface area contributed by atoms with Crippen LogP contribution in [0.5, 0.6) is 0 Å². The zero-order chi connectivity index (χ0) is 21.6. The Morgan fingerprint density at radius 1 is 0.968 bits per heavy atom. The van der Waals surface area contributed by atoms with Crippen molar-refractivity contribution >= 4 is 17.5 Å². The van der Waals surface area contributed by atoms with Crippen molar-refractivity contribution in [3.05, 3.63) is 60.2 Å². The van der Waals surface area contributed by atoms with Crippen LogP contribution < -0.4 is 5.32 Å². The molecule has 2 atom stereocenters. The fourth-order valence-electron chi connectivity index (χ4n) is 4.58. The van der Waals surface area contributed by atoms with Gasteiger partial charge < -0.3 is 10.2 Å². The number of carbonyl (C=O) groups is 2. The van der Waals surface area contributed by atoms with Crippen LogP contribution in [0.4, 0.5) is 10.1 Å². The van der Waals surface area contributed by atoms with E-state index in [1.165, 1.54) is 18.6 Å². The number of nitrogens with zero attached hydrogens (tertiary/aromatic N) is 3. The maximum absolute atomic E-state index is 13.2. The minimum atomic E-state index is -0.341. The second-order valence-electron chi connectivity index (χ2n) is 8.56. The number of aromatic nitrogens is 1. The summed E-state index contributed by atoms with van der Waals surface area (Å²) < 4.78 is 13.2. The summed E-state index contributed by atoms with van der Waals surface area (Å²) in [5.41, 5.74) is 1.68. The minimum Gasteiger partial charge on any atom is -0.342 e. The van der Waals surface area contributed by atoms with Crippen LogP contribution in [0.1, 0.15) is 31.2 Å². The van der Waals surface area contributed by atoms with Gasteiger partial charge >= 0.3 is 0 Å². The van der Waals surface area contributed by atoms with Gasteiger partial charge in [-0.3, -0.25) is 19.5 Å². The molecular weight excluding hydrogens is 395 g/mol. The summed E-state index contributed by atoms with van der Waals surface area (Å²) >= 11 is 0. The molecule has 3 heterocycles. The molecule has 2 aliphatic rings. The van der Waals surface area contributed by atoms with Crippen molar-refractivity contribution in [3.63, 3.8) is 0 Å². The molecular formula is C24H29FN4O2. The van der Waals surface area contributed by atoms with Crippen molar-refractivity contribution in [3.8, 4) is 0 Å². The predicted octanol–water partition coefficient (Wildman–Crippen LogP) is 3.31. The molecule has 1 aromatic carbocycles. The second kappa shape index (κ2) is 10.0. The number of benzene rings is 1. The average molecular weight is 425 g/mol. The maximum atomic E-state index is 13.2. The number of pyridine rings is 1. The normalized spacial score (nSPS) is 22.2. The Bertz CT molecular complexity index is 884. The summed E-state index contributed by atoms with van der Waals surface area (Å²) in [7, 11) is 0. The van der Waals surface area contributed by atoms with E-state index in [-0.39, 0.29) is 29.5 Å². The van der Waals surface area contributed by atoms with Crippen molar-refractivity contribution in [1.82, 2.24) is 14.8 Å². The number of halogens is 1. The predicted molar refractivity (Wildman–Crippen MR) is 117 cm³/mol. The summed E-state index contributed by atoms with van der Waals surface area (Å²) in [5.74, 6) is -0.801. The van der Waals surface area contributed by atoms with Crippen molar-refractivity contribution < 1.29 is 14.0 Å². The highest BCUT2D eigenvalue weighted by Gasteiger charge is 2.37. The van der Waals surface area contributed by atoms with Crippen molar-refractivity contribution in [2.24, 2.45) is 11.8 Å². The minimum absolute atomic E-state index is 0.123. The molecule has 0 saturated carbocycles. The van der Waals surface area contributed by atoms with E-state index in [4.69, 9.17) is 0 Å². The highest BCUT2D eigenvalue weighted by atomic mass is 19.1. The Morgan fingerprint density at radius 2 is 1.65 bits per heavy atom. The maximum Gasteiger partial charge on any atom is 0.228 e. The largest absolute Gasteiger partial charge is 0.342 e. The van der Waals surface area contributed by atoms with E-state index in [0.29, 0.717) is 31.7 Å². The number of hydrogen-bond donors (Lipinski definition) is 1. The van der Waals surface area contributed by atoms with Crippen LogP contribution in [0.2, 0.25) is 0 Å². The van der Waals surface area contributed by atoms with Crippen LogP contribution in [0.25, 0.3) is 0 Å². The third-order valence-corrected chi connectivity index (χ3v) is 6.18. The number of rotatable bonds is 5. The Balaban J connectivity index is 1.48. The van der Waals surface area contributed by atoms with Gasteiger partial charge in [-0.25, -0.2) is 4.39 Å². The van der Waals surface area contributed by atoms with Gasteiger partial charge in [-0.05, 0) is 67.6 Å². The monoisotopic (exact) mass is 424 g/mol. The van der Waals surface area contributed by atoms with Crippen molar-refractivity contribution in [2.75, 3.05) is 31.5 Å². The van der Waals surface area contributed by atoms with Crippen molar-refractivity contribution in [1.29, 1.82) is 0 Å². The molecule has 2 amide bonds. The van der Waals surface area contributed by atoms with E-state index < -0.39 is 0 Å². The molecule has 0 aliphatic carbocycles. The summed E-state index contributed by atoms with van der Waals surface area (Å²) in [6.45, 7) is 3.53. The average Bonchev–Trinajstić information content (AvgIpc) is 2.81. The number of likely N-dealkylation sites (tertiary alicyclic amines) is 2. The zero-order valence-corrected chi connectivity index (χ0v) is 17.7. The number of nitrogens with one attached hydrogen (secondary N) is 1. The molecule has 1 aromatic heterocycles. The molecule has 0 bridgehead atoms. The van der Waals surface area contributed by atoms with Crippen LogP contribution in [-0.2, 0) is 16.1 Å². The van der Waals surface area contributed by atoms with Gasteiger partial charge in [-0.1, -0.05) is 0 Å². The van der Waals surface area contributed by atoms with E-state index in [1.807, 2.05) is 17.0 Å². The highest BCUT2D eigenvalue weighted by Crippen LogP contribution is 2.27. The number of amides is 2. The van der Waals surface area contributed by atoms with E-state index in [1.54, 1.807) is 24.5 Å². The lowest BCUT2D eigenvalue weighted by Crippen LogP contribution is -2.50. The van der Waals surface area contributed by atoms with Crippen LogP contribution in [0.15, 0.2) is 48.8 Å². The van der Waals surface area contributed by atoms with Gasteiger partial charge in [0.2, 0.25) is 11.8 Å². The smallest absolute Gasteiger partial charge is 0.228 e. The number of carbonyl (C=O) groups excluding carboxylic acids is 2. The highest BCUT2D eigenvalue weighted by molar-refractivity contribution is 5.93. The first kappa shape index (κ1) is 21.4. The van der Waals surface area contributed by atoms with Gasteiger partial charge in [-0.2, -0.15) is 0 Å². The van der Waals surface area contributed by atoms with Crippen LogP contribution in [0.3, 0.4) is 0 Å². The molecule has 31 heavy (non-hydrogen) atoms. The van der Waals surface area contributed by atoms with Crippen LogP contribution in [0, 0.1) is 17.7 Å². The SMILES string of the molecule is O=C(Nc1ccc(F)cc1)[C@@H]1C[C@H](C(=O)N2CCCCC2)CN(Cc2ccncc2)C1. The van der Waals surface area contributed by atoms with Gasteiger partial charge in [0.25, 0.3) is 0 Å². The Hall–Kier alpha value is -2.80. The van der Waals surface area contributed by atoms with Gasteiger partial charge in [-0.15, -0.1) is 0 Å². The number of hydrogen-bond acceptors (Lipinski definition) is 4. The molecule has 2 aliphatic heterocycles. The fourth-order valence-corrected chi connectivity index (χ4v) is 4.58. The van der Waals surface area contributed by atoms with Crippen LogP contribution >= 0.6 is 0 Å². The molecule has 164 valence electrons. The van der Waals surface area contributed by atoms with E-state index in [2.05, 4.69) is 15.2 Å². The standard InChI is InChI=1S/C24H29FN4O2/c25-21-4-6-22(7-5-21)27-23(30)19-14-20(24(31)29-12-2-1-3-13-29)17-28(16-19)15-18-8-10-26-11-9-18/h4-11,19-20H,1-3,12-17H2,(H,27,30)/t19-,20+/m1/s1. The molecule has 7 heteroatoms. The summed E-state index contributed by atoms with van der Waals surface area (Å²) in [5, 5.41) is 2.90. The summed E-state index contributed by atoms with van der Waals surface area (Å²) in [6.07, 6.45) is 7.32. The fraction of sp³-hybridized carbons (Fsp3) is 0.458. The Morgan fingerprint density at radius 3 is 2.35 bits per heavy atom. The number of anilines is 1. The van der Waals surface area contributed by atoms with E-state index in [0.717, 1.165) is 31.5 Å². The quantitative estimate of drug-likeness (QED) is 0.800. The first-order chi connectivity index (χ1) is 15.1. The molecule has 2 aromatic rings. The molecule has 4 rings (SSSR count). The molecule has 2 saturated heterocycles. The summed E-state index contributed by atoms with van der Waals surface area (Å²) in [6, 6.07) is 9.69. The van der Waals surface area contributed by atoms with E-state index >= 15 is 0 Å². The lowest BCUT2D eigenvalue weighted by molar-refractivity contribution is -0.140. The third-order valence-electron chi connectivity index (χ3n) is 6.18. The lowest BCUT2D eigenvalue weighted by Gasteiger charge is -2.39. The van der Waals surface area contributed by atoms with Gasteiger partial charge in [0, 0.05) is 50.8 Å². The lowest BCUT2D eigenvalue weighted by atomic mass is 9.86. The molecule has 1 N–H and O–H groups in total. The number of piperidine rings is 2. The van der Waals surface area contributed by atoms with Crippen LogP contribution in [-0.4, -0.2) is 52.8 Å². The molecule has 2 fully saturated rings. The van der Waals surface area contributed by atoms with Crippen molar-refractivity contribution in [2.45, 2.75) is 32.2 Å². The van der Waals surface area contributed by atoms with E-state index in [9.17, 15) is 14.0 Å². The molecule has 0 spiro atoms. The first-order valence-electron chi connectivity index (χ1n) is 11.0. The summed E-state index contributed by atoms with van der Waals surface area (Å²) in [4.78, 5) is 34.5. The molecule has 0 radical (unpaired) electrons. The Kier molecular flexibility index (Phi) is 6.92.